The van der Waals surface area contributed by atoms with E-state index in [1.54, 1.807) is 6.07 Å². The Labute approximate surface area is 168 Å². The first-order valence-electron chi connectivity index (χ1n) is 9.53. The van der Waals surface area contributed by atoms with Crippen molar-refractivity contribution in [3.05, 3.63) is 82.6 Å². The lowest BCUT2D eigenvalue weighted by atomic mass is 10.0. The summed E-state index contributed by atoms with van der Waals surface area (Å²) in [4.78, 5) is 17.9. The Morgan fingerprint density at radius 2 is 1.89 bits per heavy atom. The number of anilines is 1. The number of amides is 1. The summed E-state index contributed by atoms with van der Waals surface area (Å²) < 4.78 is 5.61. The molecule has 0 aliphatic carbocycles. The Kier molecular flexibility index (Phi) is 5.53. The van der Waals surface area contributed by atoms with Gasteiger partial charge in [0.25, 0.3) is 5.91 Å². The number of hydrogen-bond acceptors (Lipinski definition) is 4. The molecule has 4 nitrogen and oxygen atoms in total. The second-order valence-electron chi connectivity index (χ2n) is 6.83. The number of carbonyl (C=O) groups excluding carboxylic acids is 1. The lowest BCUT2D eigenvalue weighted by Crippen LogP contribution is -2.10. The van der Waals surface area contributed by atoms with Gasteiger partial charge in [0.15, 0.2) is 10.9 Å². The van der Waals surface area contributed by atoms with E-state index in [2.05, 4.69) is 41.5 Å². The maximum absolute atomic E-state index is 12.4. The first kappa shape index (κ1) is 18.4. The van der Waals surface area contributed by atoms with Gasteiger partial charge in [-0.05, 0) is 36.1 Å². The van der Waals surface area contributed by atoms with E-state index in [0.717, 1.165) is 23.1 Å². The number of nitrogens with zero attached hydrogens (tertiary/aromatic N) is 1. The number of unbranched alkanes of at least 4 members (excludes halogenated alkanes) is 1. The molecule has 1 amide bonds. The van der Waals surface area contributed by atoms with Crippen LogP contribution in [0.5, 0.6) is 0 Å². The predicted molar refractivity (Wildman–Crippen MR) is 114 cm³/mol. The molecule has 2 heterocycles. The number of hydrogen-bond donors (Lipinski definition) is 1. The van der Waals surface area contributed by atoms with Crippen molar-refractivity contribution >= 4 is 33.3 Å². The molecule has 0 atom stereocenters. The van der Waals surface area contributed by atoms with Crippen LogP contribution in [0.4, 0.5) is 5.13 Å². The Morgan fingerprint density at radius 3 is 2.68 bits per heavy atom. The van der Waals surface area contributed by atoms with Gasteiger partial charge in [0, 0.05) is 22.9 Å². The quantitative estimate of drug-likeness (QED) is 0.416. The Morgan fingerprint density at radius 1 is 1.11 bits per heavy atom. The van der Waals surface area contributed by atoms with Crippen LogP contribution in [0.15, 0.2) is 65.2 Å². The summed E-state index contributed by atoms with van der Waals surface area (Å²) in [7, 11) is 0. The molecule has 0 spiro atoms. The summed E-state index contributed by atoms with van der Waals surface area (Å²) in [6.07, 6.45) is 6.21. The Hall–Kier alpha value is -2.92. The minimum absolute atomic E-state index is 0.280. The number of benzene rings is 2. The van der Waals surface area contributed by atoms with Crippen LogP contribution in [0.2, 0.25) is 0 Å². The van der Waals surface area contributed by atoms with Gasteiger partial charge in [0.05, 0.1) is 0 Å². The SMILES string of the molecule is CCCCc1ccc(Cc2cnc(NC(=O)c3cc4ccccc4o3)s2)cc1. The third kappa shape index (κ3) is 4.31. The van der Waals surface area contributed by atoms with Crippen LogP contribution in [0.3, 0.4) is 0 Å². The topological polar surface area (TPSA) is 55.1 Å². The summed E-state index contributed by atoms with van der Waals surface area (Å²) in [5.74, 6) is 0.0120. The van der Waals surface area contributed by atoms with E-state index >= 15 is 0 Å². The van der Waals surface area contributed by atoms with Crippen LogP contribution in [0.25, 0.3) is 11.0 Å². The number of nitrogens with one attached hydrogen (secondary N) is 1. The fourth-order valence-electron chi connectivity index (χ4n) is 3.11. The van der Waals surface area contributed by atoms with Gasteiger partial charge in [-0.1, -0.05) is 55.8 Å². The first-order valence-corrected chi connectivity index (χ1v) is 10.4. The van der Waals surface area contributed by atoms with Crippen molar-refractivity contribution in [3.63, 3.8) is 0 Å². The Bertz CT molecular complexity index is 1050. The van der Waals surface area contributed by atoms with Gasteiger partial charge in [0.1, 0.15) is 5.58 Å². The standard InChI is InChI=1S/C23H22N2O2S/c1-2-3-6-16-9-11-17(12-10-16)13-19-15-24-23(28-19)25-22(26)21-14-18-7-4-5-8-20(18)27-21/h4-5,7-12,14-15H,2-3,6,13H2,1H3,(H,24,25,26). The van der Waals surface area contributed by atoms with Crippen LogP contribution in [-0.4, -0.2) is 10.9 Å². The van der Waals surface area contributed by atoms with Gasteiger partial charge in [-0.3, -0.25) is 10.1 Å². The molecule has 5 heteroatoms. The number of rotatable bonds is 7. The van der Waals surface area contributed by atoms with E-state index in [4.69, 9.17) is 4.42 Å². The molecular formula is C23H22N2O2S. The molecule has 0 bridgehead atoms. The molecular weight excluding hydrogens is 368 g/mol. The number of para-hydroxylation sites is 1. The summed E-state index contributed by atoms with van der Waals surface area (Å²) in [5, 5.41) is 4.33. The molecule has 0 unspecified atom stereocenters. The molecule has 1 N–H and O–H groups in total. The van der Waals surface area contributed by atoms with Crippen LogP contribution >= 0.6 is 11.3 Å². The first-order chi connectivity index (χ1) is 13.7. The van der Waals surface area contributed by atoms with Crippen molar-refractivity contribution in [2.24, 2.45) is 0 Å². The van der Waals surface area contributed by atoms with Gasteiger partial charge in [-0.2, -0.15) is 0 Å². The molecule has 0 saturated heterocycles. The highest BCUT2D eigenvalue weighted by molar-refractivity contribution is 7.15. The molecule has 0 radical (unpaired) electrons. The lowest BCUT2D eigenvalue weighted by molar-refractivity contribution is 0.0998. The third-order valence-corrected chi connectivity index (χ3v) is 5.56. The second kappa shape index (κ2) is 8.40. The smallest absolute Gasteiger partial charge is 0.293 e. The van der Waals surface area contributed by atoms with Crippen molar-refractivity contribution in [1.29, 1.82) is 0 Å². The molecule has 0 aliphatic heterocycles. The van der Waals surface area contributed by atoms with Gasteiger partial charge < -0.3 is 4.42 Å². The van der Waals surface area contributed by atoms with E-state index in [1.165, 1.54) is 35.3 Å². The fourth-order valence-corrected chi connectivity index (χ4v) is 3.95. The molecule has 28 heavy (non-hydrogen) atoms. The molecule has 142 valence electrons. The zero-order chi connectivity index (χ0) is 19.3. The van der Waals surface area contributed by atoms with Crippen LogP contribution in [-0.2, 0) is 12.8 Å². The molecule has 0 saturated carbocycles. The monoisotopic (exact) mass is 390 g/mol. The van der Waals surface area contributed by atoms with E-state index in [1.807, 2.05) is 30.5 Å². The number of aryl methyl sites for hydroxylation is 1. The normalized spacial score (nSPS) is 11.0. The number of carbonyl (C=O) groups is 1. The zero-order valence-corrected chi connectivity index (χ0v) is 16.6. The predicted octanol–water partition coefficient (Wildman–Crippen LogP) is 6.08. The summed E-state index contributed by atoms with van der Waals surface area (Å²) >= 11 is 1.49. The van der Waals surface area contributed by atoms with Gasteiger partial charge in [-0.15, -0.1) is 11.3 Å². The summed E-state index contributed by atoms with van der Waals surface area (Å²) in [5.41, 5.74) is 3.34. The highest BCUT2D eigenvalue weighted by Gasteiger charge is 2.14. The molecule has 2 aromatic carbocycles. The number of aromatic nitrogens is 1. The molecule has 4 aromatic rings. The third-order valence-electron chi connectivity index (χ3n) is 4.64. The maximum Gasteiger partial charge on any atom is 0.293 e. The van der Waals surface area contributed by atoms with Crippen LogP contribution in [0, 0.1) is 0 Å². The average molecular weight is 391 g/mol. The summed E-state index contributed by atoms with van der Waals surface area (Å²) in [6.45, 7) is 2.21. The minimum Gasteiger partial charge on any atom is -0.451 e. The van der Waals surface area contributed by atoms with E-state index in [-0.39, 0.29) is 5.91 Å². The van der Waals surface area contributed by atoms with E-state index in [0.29, 0.717) is 16.5 Å². The van der Waals surface area contributed by atoms with Gasteiger partial charge in [-0.25, -0.2) is 4.98 Å². The van der Waals surface area contributed by atoms with Crippen molar-refractivity contribution < 1.29 is 9.21 Å². The van der Waals surface area contributed by atoms with Crippen molar-refractivity contribution in [3.8, 4) is 0 Å². The molecule has 4 rings (SSSR count). The Balaban J connectivity index is 1.39. The fraction of sp³-hybridized carbons (Fsp3) is 0.217. The summed E-state index contributed by atoms with van der Waals surface area (Å²) in [6, 6.07) is 18.1. The molecule has 2 aromatic heterocycles. The van der Waals surface area contributed by atoms with E-state index < -0.39 is 0 Å². The van der Waals surface area contributed by atoms with Crippen molar-refractivity contribution in [2.75, 3.05) is 5.32 Å². The number of thiazole rings is 1. The number of furan rings is 1. The van der Waals surface area contributed by atoms with Crippen molar-refractivity contribution in [1.82, 2.24) is 4.98 Å². The zero-order valence-electron chi connectivity index (χ0n) is 15.8. The average Bonchev–Trinajstić information content (AvgIpc) is 3.34. The second-order valence-corrected chi connectivity index (χ2v) is 7.95. The lowest BCUT2D eigenvalue weighted by Gasteiger charge is -2.02. The molecule has 0 aliphatic rings. The van der Waals surface area contributed by atoms with E-state index in [9.17, 15) is 4.79 Å². The highest BCUT2D eigenvalue weighted by Crippen LogP contribution is 2.24. The van der Waals surface area contributed by atoms with Crippen LogP contribution in [0.1, 0.15) is 46.3 Å². The minimum atomic E-state index is -0.280. The molecule has 0 fully saturated rings. The maximum atomic E-state index is 12.4. The van der Waals surface area contributed by atoms with Gasteiger partial charge in [0.2, 0.25) is 0 Å². The van der Waals surface area contributed by atoms with Crippen LogP contribution < -0.4 is 5.32 Å². The number of fused-ring (bicyclic) bond motifs is 1. The van der Waals surface area contributed by atoms with Gasteiger partial charge >= 0.3 is 0 Å². The largest absolute Gasteiger partial charge is 0.451 e. The highest BCUT2D eigenvalue weighted by atomic mass is 32.1. The van der Waals surface area contributed by atoms with Crippen molar-refractivity contribution in [2.45, 2.75) is 32.6 Å².